The smallest absolute Gasteiger partial charge is 0.228 e. The Morgan fingerprint density at radius 1 is 1.14 bits per heavy atom. The van der Waals surface area contributed by atoms with Crippen molar-refractivity contribution in [3.8, 4) is 0 Å². The Labute approximate surface area is 128 Å². The number of nitrogens with one attached hydrogen (secondary N) is 1. The molecule has 0 aromatic heterocycles. The Bertz CT molecular complexity index is 679. The van der Waals surface area contributed by atoms with E-state index in [0.29, 0.717) is 17.7 Å². The zero-order chi connectivity index (χ0) is 15.9. The molecule has 1 amide bonds. The summed E-state index contributed by atoms with van der Waals surface area (Å²) in [5.74, 6) is -3.14. The van der Waals surface area contributed by atoms with E-state index in [2.05, 4.69) is 5.32 Å². The summed E-state index contributed by atoms with van der Waals surface area (Å²) in [6.45, 7) is 1.45. The van der Waals surface area contributed by atoms with Crippen LogP contribution in [0.25, 0.3) is 0 Å². The van der Waals surface area contributed by atoms with E-state index >= 15 is 0 Å². The summed E-state index contributed by atoms with van der Waals surface area (Å²) in [6, 6.07) is 6.63. The van der Waals surface area contributed by atoms with Crippen molar-refractivity contribution in [3.05, 3.63) is 42.0 Å². The SMILES string of the molecule is CC(=O)c1cccc(NC(=O)[C@H]2[C@@H](C(=O)[O-])[C@H]3C=C[C@@H]2C3)c1. The number of ketones is 1. The van der Waals surface area contributed by atoms with Crippen molar-refractivity contribution in [2.45, 2.75) is 13.3 Å². The van der Waals surface area contributed by atoms with E-state index in [0.717, 1.165) is 0 Å². The maximum absolute atomic E-state index is 12.5. The average molecular weight is 298 g/mol. The lowest BCUT2D eigenvalue weighted by molar-refractivity contribution is -0.313. The van der Waals surface area contributed by atoms with Gasteiger partial charge in [0.1, 0.15) is 0 Å². The molecule has 5 heteroatoms. The number of hydrogen-bond donors (Lipinski definition) is 1. The first kappa shape index (κ1) is 14.5. The molecule has 0 unspecified atom stereocenters. The first-order chi connectivity index (χ1) is 10.5. The van der Waals surface area contributed by atoms with Gasteiger partial charge >= 0.3 is 0 Å². The molecular weight excluding hydrogens is 282 g/mol. The molecule has 0 heterocycles. The fourth-order valence-corrected chi connectivity index (χ4v) is 3.54. The Morgan fingerprint density at radius 3 is 2.45 bits per heavy atom. The second-order valence-electron chi connectivity index (χ2n) is 5.95. The van der Waals surface area contributed by atoms with Crippen LogP contribution in [0.4, 0.5) is 5.69 Å². The van der Waals surface area contributed by atoms with Gasteiger partial charge in [0, 0.05) is 23.1 Å². The van der Waals surface area contributed by atoms with Gasteiger partial charge in [0.05, 0.1) is 5.92 Å². The topological polar surface area (TPSA) is 86.3 Å². The monoisotopic (exact) mass is 298 g/mol. The van der Waals surface area contributed by atoms with Crippen molar-refractivity contribution in [1.82, 2.24) is 0 Å². The molecular formula is C17H16NO4-. The third-order valence-electron chi connectivity index (χ3n) is 4.57. The molecule has 1 saturated carbocycles. The van der Waals surface area contributed by atoms with Crippen LogP contribution in [0.3, 0.4) is 0 Å². The second-order valence-corrected chi connectivity index (χ2v) is 5.95. The minimum atomic E-state index is -1.17. The van der Waals surface area contributed by atoms with Crippen LogP contribution >= 0.6 is 0 Å². The fraction of sp³-hybridized carbons (Fsp3) is 0.353. The molecule has 1 N–H and O–H groups in total. The summed E-state index contributed by atoms with van der Waals surface area (Å²) >= 11 is 0. The third kappa shape index (κ3) is 2.43. The van der Waals surface area contributed by atoms with Crippen molar-refractivity contribution in [3.63, 3.8) is 0 Å². The highest BCUT2D eigenvalue weighted by atomic mass is 16.4. The maximum Gasteiger partial charge on any atom is 0.228 e. The number of carbonyl (C=O) groups is 3. The molecule has 2 aliphatic carbocycles. The summed E-state index contributed by atoms with van der Waals surface area (Å²) < 4.78 is 0. The normalized spacial score (nSPS) is 28.6. The quantitative estimate of drug-likeness (QED) is 0.664. The molecule has 4 atom stereocenters. The molecule has 0 aliphatic heterocycles. The number of carboxylic acids is 1. The number of fused-ring (bicyclic) bond motifs is 2. The van der Waals surface area contributed by atoms with Gasteiger partial charge in [-0.25, -0.2) is 0 Å². The average Bonchev–Trinajstić information content (AvgIpc) is 3.07. The minimum Gasteiger partial charge on any atom is -0.550 e. The molecule has 0 saturated heterocycles. The van der Waals surface area contributed by atoms with E-state index < -0.39 is 17.8 Å². The van der Waals surface area contributed by atoms with E-state index in [-0.39, 0.29) is 23.5 Å². The Balaban J connectivity index is 1.80. The molecule has 1 aromatic carbocycles. The van der Waals surface area contributed by atoms with Crippen LogP contribution < -0.4 is 10.4 Å². The van der Waals surface area contributed by atoms with Crippen LogP contribution in [0.15, 0.2) is 36.4 Å². The zero-order valence-electron chi connectivity index (χ0n) is 12.1. The van der Waals surface area contributed by atoms with Gasteiger partial charge in [-0.2, -0.15) is 0 Å². The van der Waals surface area contributed by atoms with Gasteiger partial charge in [0.25, 0.3) is 0 Å². The molecule has 22 heavy (non-hydrogen) atoms. The van der Waals surface area contributed by atoms with Crippen molar-refractivity contribution in [2.24, 2.45) is 23.7 Å². The Kier molecular flexibility index (Phi) is 3.56. The molecule has 1 aromatic rings. The van der Waals surface area contributed by atoms with E-state index in [9.17, 15) is 19.5 Å². The fourth-order valence-electron chi connectivity index (χ4n) is 3.54. The van der Waals surface area contributed by atoms with Gasteiger partial charge in [0.2, 0.25) is 5.91 Å². The van der Waals surface area contributed by atoms with Crippen LogP contribution in [0.1, 0.15) is 23.7 Å². The Morgan fingerprint density at radius 2 is 1.82 bits per heavy atom. The van der Waals surface area contributed by atoms with Crippen molar-refractivity contribution >= 4 is 23.3 Å². The molecule has 0 radical (unpaired) electrons. The van der Waals surface area contributed by atoms with Gasteiger partial charge in [-0.1, -0.05) is 24.3 Å². The lowest BCUT2D eigenvalue weighted by Crippen LogP contribution is -2.42. The van der Waals surface area contributed by atoms with E-state index in [1.807, 2.05) is 12.2 Å². The standard InChI is InChI=1S/C17H17NO4/c1-9(19)10-3-2-4-13(8-10)18-16(20)14-11-5-6-12(7-11)15(14)17(21)22/h2-6,8,11-12,14-15H,7H2,1H3,(H,18,20)(H,21,22)/p-1/t11-,12+,14-,15+/m1/s1. The lowest BCUT2D eigenvalue weighted by atomic mass is 9.82. The van der Waals surface area contributed by atoms with E-state index in [1.54, 1.807) is 24.3 Å². The number of carboxylic acid groups (broad SMARTS) is 1. The lowest BCUT2D eigenvalue weighted by Gasteiger charge is -2.27. The Hall–Kier alpha value is -2.43. The number of carbonyl (C=O) groups excluding carboxylic acids is 3. The second kappa shape index (κ2) is 5.40. The molecule has 3 rings (SSSR count). The van der Waals surface area contributed by atoms with Crippen LogP contribution in [0.2, 0.25) is 0 Å². The largest absolute Gasteiger partial charge is 0.550 e. The summed E-state index contributed by atoms with van der Waals surface area (Å²) in [5.41, 5.74) is 1.00. The summed E-state index contributed by atoms with van der Waals surface area (Å²) in [4.78, 5) is 35.2. The number of allylic oxidation sites excluding steroid dienone is 2. The first-order valence-corrected chi connectivity index (χ1v) is 7.28. The highest BCUT2D eigenvalue weighted by Crippen LogP contribution is 2.48. The molecule has 0 spiro atoms. The predicted molar refractivity (Wildman–Crippen MR) is 77.8 cm³/mol. The number of benzene rings is 1. The van der Waals surface area contributed by atoms with Crippen LogP contribution in [-0.4, -0.2) is 17.7 Å². The number of aliphatic carboxylic acids is 1. The minimum absolute atomic E-state index is 0.0520. The third-order valence-corrected chi connectivity index (χ3v) is 4.57. The summed E-state index contributed by atoms with van der Waals surface area (Å²) in [6.07, 6.45) is 4.47. The van der Waals surface area contributed by atoms with Crippen LogP contribution in [0.5, 0.6) is 0 Å². The van der Waals surface area contributed by atoms with Crippen LogP contribution in [0, 0.1) is 23.7 Å². The highest BCUT2D eigenvalue weighted by molar-refractivity contribution is 5.99. The number of amides is 1. The highest BCUT2D eigenvalue weighted by Gasteiger charge is 2.48. The molecule has 114 valence electrons. The number of anilines is 1. The molecule has 1 fully saturated rings. The van der Waals surface area contributed by atoms with Crippen molar-refractivity contribution < 1.29 is 19.5 Å². The number of rotatable bonds is 4. The first-order valence-electron chi connectivity index (χ1n) is 7.28. The van der Waals surface area contributed by atoms with Gasteiger partial charge in [-0.3, -0.25) is 9.59 Å². The summed E-state index contributed by atoms with van der Waals surface area (Å²) in [5, 5.41) is 14.1. The molecule has 2 aliphatic rings. The molecule has 5 nitrogen and oxygen atoms in total. The maximum atomic E-state index is 12.5. The van der Waals surface area contributed by atoms with Gasteiger partial charge < -0.3 is 15.2 Å². The van der Waals surface area contributed by atoms with E-state index in [4.69, 9.17) is 0 Å². The van der Waals surface area contributed by atoms with E-state index in [1.165, 1.54) is 6.92 Å². The number of hydrogen-bond acceptors (Lipinski definition) is 4. The van der Waals surface area contributed by atoms with Crippen molar-refractivity contribution in [1.29, 1.82) is 0 Å². The van der Waals surface area contributed by atoms with Gasteiger partial charge in [0.15, 0.2) is 5.78 Å². The van der Waals surface area contributed by atoms with Gasteiger partial charge in [-0.05, 0) is 37.3 Å². The van der Waals surface area contributed by atoms with Crippen LogP contribution in [-0.2, 0) is 9.59 Å². The summed E-state index contributed by atoms with van der Waals surface area (Å²) in [7, 11) is 0. The van der Waals surface area contributed by atoms with Gasteiger partial charge in [-0.15, -0.1) is 0 Å². The van der Waals surface area contributed by atoms with Crippen molar-refractivity contribution in [2.75, 3.05) is 5.32 Å². The number of Topliss-reactive ketones (excluding diaryl/α,β-unsaturated/α-hetero) is 1. The predicted octanol–water partition coefficient (Wildman–Crippen LogP) is 1.02. The zero-order valence-corrected chi connectivity index (χ0v) is 12.1. The molecule has 2 bridgehead atoms.